The number of carbonyl (C=O) groups excluding carboxylic acids is 6. The molecule has 2 aromatic rings. The van der Waals surface area contributed by atoms with Crippen LogP contribution in [0, 0.1) is 0 Å². The molecule has 314 valence electrons. The Labute approximate surface area is 333 Å². The van der Waals surface area contributed by atoms with Gasteiger partial charge in [0, 0.05) is 45.3 Å². The molecule has 6 amide bonds. The molecule has 1 heterocycles. The highest BCUT2D eigenvalue weighted by Gasteiger charge is 2.33. The van der Waals surface area contributed by atoms with Crippen LogP contribution in [0.3, 0.4) is 0 Å². The normalized spacial score (nSPS) is 18.7. The van der Waals surface area contributed by atoms with Gasteiger partial charge in [-0.25, -0.2) is 0 Å². The number of phenols is 1. The average Bonchev–Trinajstić information content (AvgIpc) is 3.18. The summed E-state index contributed by atoms with van der Waals surface area (Å²) < 4.78 is 0. The molecule has 57 heavy (non-hydrogen) atoms. The second kappa shape index (κ2) is 23.8. The van der Waals surface area contributed by atoms with Gasteiger partial charge in [-0.3, -0.25) is 28.8 Å². The minimum absolute atomic E-state index is 0.0103. The number of fused-ring (bicyclic) bond motifs is 5. The molecule has 0 aliphatic carbocycles. The van der Waals surface area contributed by atoms with Crippen LogP contribution in [-0.2, 0) is 41.6 Å². The summed E-state index contributed by atoms with van der Waals surface area (Å²) in [5.74, 6) is -3.93. The lowest BCUT2D eigenvalue weighted by atomic mass is 9.95. The van der Waals surface area contributed by atoms with Crippen molar-refractivity contribution >= 4 is 35.4 Å². The molecule has 3 rings (SSSR count). The van der Waals surface area contributed by atoms with Gasteiger partial charge in [0.25, 0.3) is 0 Å². The fourth-order valence-electron chi connectivity index (χ4n) is 6.44. The summed E-state index contributed by atoms with van der Waals surface area (Å²) in [4.78, 5) is 80.4. The van der Waals surface area contributed by atoms with E-state index in [4.69, 9.17) is 5.73 Å². The summed E-state index contributed by atoms with van der Waals surface area (Å²) in [5.41, 5.74) is 8.25. The number of hydrogen-bond donors (Lipinski definition) is 12. The van der Waals surface area contributed by atoms with Crippen molar-refractivity contribution in [3.63, 3.8) is 0 Å². The zero-order valence-electron chi connectivity index (χ0n) is 33.2. The molecule has 18 nitrogen and oxygen atoms in total. The van der Waals surface area contributed by atoms with E-state index >= 15 is 0 Å². The van der Waals surface area contributed by atoms with E-state index in [1.54, 1.807) is 58.5 Å². The van der Waals surface area contributed by atoms with Crippen molar-refractivity contribution < 1.29 is 39.0 Å². The lowest BCUT2D eigenvalue weighted by molar-refractivity contribution is -0.135. The third kappa shape index (κ3) is 15.0. The highest BCUT2D eigenvalue weighted by molar-refractivity contribution is 5.96. The van der Waals surface area contributed by atoms with Crippen LogP contribution in [0.25, 0.3) is 11.1 Å². The Hall–Kier alpha value is -5.14. The second-order valence-electron chi connectivity index (χ2n) is 14.1. The van der Waals surface area contributed by atoms with Crippen LogP contribution in [0.5, 0.6) is 5.75 Å². The maximum Gasteiger partial charge on any atom is 0.243 e. The number of nitrogens with one attached hydrogen (secondary N) is 9. The van der Waals surface area contributed by atoms with Crippen molar-refractivity contribution in [1.82, 2.24) is 47.9 Å². The number of phenolic OH excluding ortho intramolecular Hbond substituents is 1. The van der Waals surface area contributed by atoms with Gasteiger partial charge in [-0.2, -0.15) is 0 Å². The standard InChI is InChI=1S/C39H60N10O8/c1-41-14-6-9-29(36(54)46-28(35(40)53)11-13-34(52)45-16-15-42-2)47-38(56)31-18-23-7-5-8-24(17-23)25-10-12-33(51)26(19-25)20-30(44-4)37(55)49-32(39(57)48-31)21-27(50)22-43-3/h5,7-8,10,12,17,19,27-32,41-44,50-51H,6,9,11,13-16,18,20-22H2,1-4H3,(H2,40,53)(H,45,52)(H,46,54)(H,47,56)(H,48,57)(H,49,55)/t27-,28+,29-,30+,31+,32+/m1/s1. The number of amides is 6. The molecule has 0 saturated carbocycles. The molecule has 1 aliphatic heterocycles. The number of rotatable bonds is 20. The van der Waals surface area contributed by atoms with E-state index in [0.29, 0.717) is 37.2 Å². The second-order valence-corrected chi connectivity index (χ2v) is 14.1. The smallest absolute Gasteiger partial charge is 0.243 e. The highest BCUT2D eigenvalue weighted by Crippen LogP contribution is 2.28. The van der Waals surface area contributed by atoms with Crippen LogP contribution in [-0.4, -0.2) is 136 Å². The molecule has 4 bridgehead atoms. The minimum atomic E-state index is -1.29. The first-order chi connectivity index (χ1) is 27.3. The van der Waals surface area contributed by atoms with Crippen molar-refractivity contribution in [2.45, 2.75) is 81.3 Å². The Bertz CT molecular complexity index is 1680. The van der Waals surface area contributed by atoms with Gasteiger partial charge in [-0.05, 0) is 88.4 Å². The molecule has 13 N–H and O–H groups in total. The number of nitrogens with two attached hydrogens (primary N) is 1. The Balaban J connectivity index is 1.99. The topological polar surface area (TPSA) is 277 Å². The van der Waals surface area contributed by atoms with E-state index in [9.17, 15) is 39.0 Å². The molecule has 2 aromatic carbocycles. The van der Waals surface area contributed by atoms with Gasteiger partial charge in [-0.1, -0.05) is 30.3 Å². The SMILES string of the molecule is CNCCC[C@@H](NC(=O)[C@@H]1Cc2cccc(c2)-c2ccc(O)c(c2)C[C@H](NC)C(=O)N[C@@H](C[C@@H](O)CNC)C(=O)N1)C(=O)N[C@@H](CCC(=O)NCCNC)C(N)=O. The van der Waals surface area contributed by atoms with Crippen molar-refractivity contribution in [3.05, 3.63) is 53.6 Å². The Morgan fingerprint density at radius 2 is 1.58 bits per heavy atom. The van der Waals surface area contributed by atoms with Crippen molar-refractivity contribution in [2.24, 2.45) is 5.73 Å². The largest absolute Gasteiger partial charge is 0.508 e. The lowest BCUT2D eigenvalue weighted by Gasteiger charge is -2.28. The van der Waals surface area contributed by atoms with E-state index in [1.807, 2.05) is 12.1 Å². The zero-order valence-corrected chi connectivity index (χ0v) is 33.2. The molecule has 0 unspecified atom stereocenters. The molecule has 0 spiro atoms. The van der Waals surface area contributed by atoms with Crippen molar-refractivity contribution in [2.75, 3.05) is 54.4 Å². The summed E-state index contributed by atoms with van der Waals surface area (Å²) in [5, 5.41) is 46.7. The van der Waals surface area contributed by atoms with Gasteiger partial charge in [0.2, 0.25) is 35.4 Å². The number of aromatic hydroxyl groups is 1. The molecular weight excluding hydrogens is 736 g/mol. The van der Waals surface area contributed by atoms with E-state index in [1.165, 1.54) is 0 Å². The number of aliphatic hydroxyl groups is 1. The predicted octanol–water partition coefficient (Wildman–Crippen LogP) is -2.74. The summed E-state index contributed by atoms with van der Waals surface area (Å²) in [7, 11) is 6.68. The number of likely N-dealkylation sites (N-methyl/N-ethyl adjacent to an activating group) is 3. The molecule has 0 aromatic heterocycles. The minimum Gasteiger partial charge on any atom is -0.508 e. The number of carbonyl (C=O) groups is 6. The molecule has 0 radical (unpaired) electrons. The number of aliphatic hydroxyl groups excluding tert-OH is 1. The summed E-state index contributed by atoms with van der Waals surface area (Å²) in [6.07, 6.45) is -0.759. The van der Waals surface area contributed by atoms with Gasteiger partial charge in [0.15, 0.2) is 0 Å². The van der Waals surface area contributed by atoms with Gasteiger partial charge >= 0.3 is 0 Å². The van der Waals surface area contributed by atoms with Gasteiger partial charge in [0.05, 0.1) is 12.1 Å². The maximum absolute atomic E-state index is 14.3. The third-order valence-electron chi connectivity index (χ3n) is 9.65. The number of primary amides is 1. The fourth-order valence-corrected chi connectivity index (χ4v) is 6.44. The molecular formula is C39H60N10O8. The van der Waals surface area contributed by atoms with Crippen molar-refractivity contribution in [3.8, 4) is 16.9 Å². The fraction of sp³-hybridized carbons (Fsp3) is 0.538. The lowest BCUT2D eigenvalue weighted by Crippen LogP contribution is -2.60. The first-order valence-electron chi connectivity index (χ1n) is 19.3. The molecule has 0 saturated heterocycles. The van der Waals surface area contributed by atoms with Crippen LogP contribution >= 0.6 is 0 Å². The Morgan fingerprint density at radius 1 is 0.842 bits per heavy atom. The molecule has 6 atom stereocenters. The first-order valence-corrected chi connectivity index (χ1v) is 19.3. The van der Waals surface area contributed by atoms with Crippen LogP contribution in [0.1, 0.15) is 43.2 Å². The molecule has 18 heteroatoms. The molecule has 1 aliphatic rings. The zero-order chi connectivity index (χ0) is 41.9. The van der Waals surface area contributed by atoms with Crippen LogP contribution in [0.4, 0.5) is 0 Å². The summed E-state index contributed by atoms with van der Waals surface area (Å²) >= 11 is 0. The first kappa shape index (κ1) is 46.2. The van der Waals surface area contributed by atoms with Gasteiger partial charge in [0.1, 0.15) is 29.9 Å². The van der Waals surface area contributed by atoms with Crippen LogP contribution < -0.4 is 53.6 Å². The quantitative estimate of drug-likeness (QED) is 0.0609. The monoisotopic (exact) mass is 796 g/mol. The van der Waals surface area contributed by atoms with Crippen molar-refractivity contribution in [1.29, 1.82) is 0 Å². The summed E-state index contributed by atoms with van der Waals surface area (Å²) in [6.45, 7) is 1.54. The van der Waals surface area contributed by atoms with E-state index < -0.39 is 65.8 Å². The van der Waals surface area contributed by atoms with E-state index in [-0.39, 0.29) is 56.7 Å². The Kier molecular flexibility index (Phi) is 19.3. The molecule has 0 fully saturated rings. The predicted molar refractivity (Wildman–Crippen MR) is 215 cm³/mol. The van der Waals surface area contributed by atoms with Gasteiger partial charge in [-0.15, -0.1) is 0 Å². The number of benzene rings is 2. The van der Waals surface area contributed by atoms with E-state index in [2.05, 4.69) is 47.9 Å². The summed E-state index contributed by atoms with van der Waals surface area (Å²) in [6, 6.07) is 6.52. The third-order valence-corrected chi connectivity index (χ3v) is 9.65. The average molecular weight is 797 g/mol. The van der Waals surface area contributed by atoms with E-state index in [0.717, 1.165) is 11.1 Å². The maximum atomic E-state index is 14.3. The van der Waals surface area contributed by atoms with Crippen LogP contribution in [0.2, 0.25) is 0 Å². The van der Waals surface area contributed by atoms with Crippen LogP contribution in [0.15, 0.2) is 42.5 Å². The Morgan fingerprint density at radius 3 is 2.26 bits per heavy atom. The highest BCUT2D eigenvalue weighted by atomic mass is 16.3. The number of hydrogen-bond acceptors (Lipinski definition) is 12. The van der Waals surface area contributed by atoms with Gasteiger partial charge < -0.3 is 63.8 Å².